The fourth-order valence-electron chi connectivity index (χ4n) is 3.52. The standard InChI is InChI=1S/C26H34Cl2N2O3/c1-7-22(25(32)29-26(4,5)6)30(15-18-12-13-20(27)21(28)14-18)24(31)16-33-23-11-9-8-10-19(23)17(2)3/h8-14,17,22H,7,15-16H2,1-6H3,(H,29,32). The summed E-state index contributed by atoms with van der Waals surface area (Å²) in [7, 11) is 0. The summed E-state index contributed by atoms with van der Waals surface area (Å²) in [4.78, 5) is 28.0. The van der Waals surface area contributed by atoms with Crippen molar-refractivity contribution < 1.29 is 14.3 Å². The molecule has 0 aromatic heterocycles. The fourth-order valence-corrected chi connectivity index (χ4v) is 3.84. The third-order valence-corrected chi connectivity index (χ3v) is 5.85. The van der Waals surface area contributed by atoms with Crippen molar-refractivity contribution in [1.82, 2.24) is 10.2 Å². The number of para-hydroxylation sites is 1. The van der Waals surface area contributed by atoms with Gasteiger partial charge in [-0.15, -0.1) is 0 Å². The van der Waals surface area contributed by atoms with Gasteiger partial charge in [-0.05, 0) is 62.4 Å². The Morgan fingerprint density at radius 3 is 2.30 bits per heavy atom. The minimum absolute atomic E-state index is 0.176. The fraction of sp³-hybridized carbons (Fsp3) is 0.462. The van der Waals surface area contributed by atoms with Crippen LogP contribution < -0.4 is 10.1 Å². The van der Waals surface area contributed by atoms with Gasteiger partial charge in [0.25, 0.3) is 5.91 Å². The molecular weight excluding hydrogens is 459 g/mol. The number of hydrogen-bond acceptors (Lipinski definition) is 3. The van der Waals surface area contributed by atoms with Crippen molar-refractivity contribution in [2.45, 2.75) is 72.0 Å². The number of ether oxygens (including phenoxy) is 1. The summed E-state index contributed by atoms with van der Waals surface area (Å²) < 4.78 is 5.93. The lowest BCUT2D eigenvalue weighted by molar-refractivity contribution is -0.143. The van der Waals surface area contributed by atoms with Crippen LogP contribution in [0.3, 0.4) is 0 Å². The molecule has 0 saturated carbocycles. The molecule has 2 rings (SSSR count). The Morgan fingerprint density at radius 2 is 1.73 bits per heavy atom. The second-order valence-electron chi connectivity index (χ2n) is 9.41. The smallest absolute Gasteiger partial charge is 0.261 e. The van der Waals surface area contributed by atoms with E-state index in [-0.39, 0.29) is 30.9 Å². The van der Waals surface area contributed by atoms with E-state index in [2.05, 4.69) is 19.2 Å². The lowest BCUT2D eigenvalue weighted by Gasteiger charge is -2.33. The molecule has 180 valence electrons. The van der Waals surface area contributed by atoms with E-state index in [0.29, 0.717) is 22.2 Å². The molecule has 0 aliphatic heterocycles. The zero-order chi connectivity index (χ0) is 24.8. The van der Waals surface area contributed by atoms with Gasteiger partial charge in [0.15, 0.2) is 6.61 Å². The van der Waals surface area contributed by atoms with E-state index >= 15 is 0 Å². The number of rotatable bonds is 9. The maximum atomic E-state index is 13.4. The summed E-state index contributed by atoms with van der Waals surface area (Å²) in [6.07, 6.45) is 0.456. The molecule has 0 fully saturated rings. The molecule has 1 N–H and O–H groups in total. The van der Waals surface area contributed by atoms with Gasteiger partial charge in [-0.2, -0.15) is 0 Å². The first kappa shape index (κ1) is 27.0. The van der Waals surface area contributed by atoms with Crippen LogP contribution >= 0.6 is 23.2 Å². The Kier molecular flexibility index (Phi) is 9.62. The first-order valence-corrected chi connectivity index (χ1v) is 12.0. The zero-order valence-corrected chi connectivity index (χ0v) is 21.8. The van der Waals surface area contributed by atoms with Crippen LogP contribution in [0.1, 0.15) is 65.0 Å². The highest BCUT2D eigenvalue weighted by molar-refractivity contribution is 6.42. The molecule has 0 heterocycles. The highest BCUT2D eigenvalue weighted by Crippen LogP contribution is 2.27. The van der Waals surface area contributed by atoms with Gasteiger partial charge in [-0.3, -0.25) is 9.59 Å². The first-order chi connectivity index (χ1) is 15.4. The third kappa shape index (κ3) is 7.94. The lowest BCUT2D eigenvalue weighted by Crippen LogP contribution is -2.54. The minimum atomic E-state index is -0.657. The molecule has 0 saturated heterocycles. The van der Waals surface area contributed by atoms with Crippen molar-refractivity contribution in [3.63, 3.8) is 0 Å². The van der Waals surface area contributed by atoms with Crippen LogP contribution in [0.5, 0.6) is 5.75 Å². The van der Waals surface area contributed by atoms with Crippen LogP contribution in [-0.2, 0) is 16.1 Å². The molecule has 2 aromatic carbocycles. The average Bonchev–Trinajstić information content (AvgIpc) is 2.73. The highest BCUT2D eigenvalue weighted by atomic mass is 35.5. The monoisotopic (exact) mass is 492 g/mol. The van der Waals surface area contributed by atoms with Crippen LogP contribution in [0.4, 0.5) is 0 Å². The van der Waals surface area contributed by atoms with E-state index in [1.807, 2.05) is 52.0 Å². The van der Waals surface area contributed by atoms with Crippen molar-refractivity contribution in [2.75, 3.05) is 6.61 Å². The van der Waals surface area contributed by atoms with E-state index in [1.165, 1.54) is 0 Å². The summed E-state index contributed by atoms with van der Waals surface area (Å²) in [5.41, 5.74) is 1.39. The van der Waals surface area contributed by atoms with Gasteiger partial charge in [0.05, 0.1) is 10.0 Å². The molecule has 2 amide bonds. The maximum Gasteiger partial charge on any atom is 0.261 e. The Hall–Kier alpha value is -2.24. The molecule has 0 aliphatic rings. The summed E-state index contributed by atoms with van der Waals surface area (Å²) in [6, 6.07) is 12.2. The summed E-state index contributed by atoms with van der Waals surface area (Å²) in [6.45, 7) is 11.8. The van der Waals surface area contributed by atoms with Crippen LogP contribution in [0.2, 0.25) is 10.0 Å². The molecular formula is C26H34Cl2N2O3. The van der Waals surface area contributed by atoms with Gasteiger partial charge >= 0.3 is 0 Å². The number of benzene rings is 2. The Bertz CT molecular complexity index is 970. The number of amides is 2. The SMILES string of the molecule is CCC(C(=O)NC(C)(C)C)N(Cc1ccc(Cl)c(Cl)c1)C(=O)COc1ccccc1C(C)C. The molecule has 0 spiro atoms. The van der Waals surface area contributed by atoms with E-state index in [4.69, 9.17) is 27.9 Å². The molecule has 1 atom stereocenters. The van der Waals surface area contributed by atoms with Crippen LogP contribution in [0, 0.1) is 0 Å². The Balaban J connectivity index is 2.31. The van der Waals surface area contributed by atoms with E-state index in [1.54, 1.807) is 23.1 Å². The van der Waals surface area contributed by atoms with Gasteiger partial charge in [0.2, 0.25) is 5.91 Å². The van der Waals surface area contributed by atoms with Gasteiger partial charge in [-0.1, -0.05) is 68.2 Å². The summed E-state index contributed by atoms with van der Waals surface area (Å²) in [5, 5.41) is 3.82. The molecule has 0 bridgehead atoms. The number of carbonyl (C=O) groups is 2. The molecule has 0 aliphatic carbocycles. The normalized spacial score (nSPS) is 12.4. The number of halogens is 2. The molecule has 33 heavy (non-hydrogen) atoms. The summed E-state index contributed by atoms with van der Waals surface area (Å²) >= 11 is 12.2. The highest BCUT2D eigenvalue weighted by Gasteiger charge is 2.31. The number of hydrogen-bond donors (Lipinski definition) is 1. The first-order valence-electron chi connectivity index (χ1n) is 11.2. The second-order valence-corrected chi connectivity index (χ2v) is 10.2. The van der Waals surface area contributed by atoms with Gasteiger partial charge in [-0.25, -0.2) is 0 Å². The Morgan fingerprint density at radius 1 is 1.06 bits per heavy atom. The van der Waals surface area contributed by atoms with Crippen molar-refractivity contribution >= 4 is 35.0 Å². The molecule has 2 aromatic rings. The van der Waals surface area contributed by atoms with Crippen LogP contribution in [-0.4, -0.2) is 34.9 Å². The molecule has 5 nitrogen and oxygen atoms in total. The van der Waals surface area contributed by atoms with Crippen molar-refractivity contribution in [3.8, 4) is 5.75 Å². The van der Waals surface area contributed by atoms with E-state index < -0.39 is 11.6 Å². The molecule has 0 radical (unpaired) electrons. The minimum Gasteiger partial charge on any atom is -0.483 e. The number of carbonyl (C=O) groups excluding carboxylic acids is 2. The van der Waals surface area contributed by atoms with Crippen LogP contribution in [0.25, 0.3) is 0 Å². The van der Waals surface area contributed by atoms with E-state index in [9.17, 15) is 9.59 Å². The van der Waals surface area contributed by atoms with Gasteiger partial charge in [0, 0.05) is 12.1 Å². The third-order valence-electron chi connectivity index (χ3n) is 5.11. The maximum absolute atomic E-state index is 13.4. The second kappa shape index (κ2) is 11.8. The largest absolute Gasteiger partial charge is 0.483 e. The zero-order valence-electron chi connectivity index (χ0n) is 20.2. The molecule has 7 heteroatoms. The predicted octanol–water partition coefficient (Wildman–Crippen LogP) is 6.22. The number of nitrogens with one attached hydrogen (secondary N) is 1. The van der Waals surface area contributed by atoms with Crippen LogP contribution in [0.15, 0.2) is 42.5 Å². The van der Waals surface area contributed by atoms with Crippen molar-refractivity contribution in [1.29, 1.82) is 0 Å². The van der Waals surface area contributed by atoms with Crippen molar-refractivity contribution in [2.24, 2.45) is 0 Å². The van der Waals surface area contributed by atoms with E-state index in [0.717, 1.165) is 11.1 Å². The van der Waals surface area contributed by atoms with Crippen molar-refractivity contribution in [3.05, 3.63) is 63.6 Å². The quantitative estimate of drug-likeness (QED) is 0.451. The summed E-state index contributed by atoms with van der Waals surface area (Å²) in [5.74, 6) is 0.434. The average molecular weight is 493 g/mol. The predicted molar refractivity (Wildman–Crippen MR) is 135 cm³/mol. The lowest BCUT2D eigenvalue weighted by atomic mass is 10.0. The number of nitrogens with zero attached hydrogens (tertiary/aromatic N) is 1. The Labute approximate surface area is 207 Å². The van der Waals surface area contributed by atoms with Gasteiger partial charge < -0.3 is 15.0 Å². The topological polar surface area (TPSA) is 58.6 Å². The van der Waals surface area contributed by atoms with Gasteiger partial charge in [0.1, 0.15) is 11.8 Å². The molecule has 1 unspecified atom stereocenters.